The molecule has 1 atom stereocenters. The molecule has 9 heteroatoms. The second-order valence-electron chi connectivity index (χ2n) is 3.36. The van der Waals surface area contributed by atoms with Gasteiger partial charge < -0.3 is 4.52 Å². The lowest BCUT2D eigenvalue weighted by atomic mass is 10.2. The first kappa shape index (κ1) is 16.7. The van der Waals surface area contributed by atoms with Crippen LogP contribution in [0, 0.1) is 0 Å². The van der Waals surface area contributed by atoms with Gasteiger partial charge in [0, 0.05) is 12.0 Å². The minimum atomic E-state index is -4.15. The molecule has 0 radical (unpaired) electrons. The van der Waals surface area contributed by atoms with E-state index >= 15 is 0 Å². The molecule has 0 heterocycles. The molecule has 0 aliphatic carbocycles. The van der Waals surface area contributed by atoms with Crippen molar-refractivity contribution < 1.29 is 26.5 Å². The Morgan fingerprint density at radius 3 is 2.58 bits per heavy atom. The molecule has 108 valence electrons. The number of rotatable bonds is 7. The third-order valence-corrected chi connectivity index (χ3v) is 5.08. The maximum atomic E-state index is 12.1. The van der Waals surface area contributed by atoms with Crippen LogP contribution in [0.3, 0.4) is 0 Å². The smallest absolute Gasteiger partial charge is 0.312 e. The van der Waals surface area contributed by atoms with Crippen LogP contribution in [0.15, 0.2) is 28.0 Å². The van der Waals surface area contributed by atoms with Crippen molar-refractivity contribution in [3.05, 3.63) is 23.8 Å². The van der Waals surface area contributed by atoms with Crippen molar-refractivity contribution in [2.45, 2.75) is 23.1 Å². The van der Waals surface area contributed by atoms with E-state index in [1.807, 2.05) is 6.92 Å². The SMILES string of the molecule is CCc1cccc(SC)c1S(=O)(=O)OO[PH](=O)OC. The molecule has 0 saturated carbocycles. The highest BCUT2D eigenvalue weighted by Crippen LogP contribution is 2.32. The van der Waals surface area contributed by atoms with Gasteiger partial charge in [-0.05, 0) is 24.3 Å². The molecule has 0 aliphatic rings. The summed E-state index contributed by atoms with van der Waals surface area (Å²) in [7, 11) is -5.98. The predicted molar refractivity (Wildman–Crippen MR) is 73.0 cm³/mol. The highest BCUT2D eigenvalue weighted by molar-refractivity contribution is 7.99. The summed E-state index contributed by atoms with van der Waals surface area (Å²) in [6, 6.07) is 5.12. The zero-order chi connectivity index (χ0) is 14.5. The van der Waals surface area contributed by atoms with Gasteiger partial charge in [-0.2, -0.15) is 8.42 Å². The van der Waals surface area contributed by atoms with Crippen LogP contribution in [0.5, 0.6) is 0 Å². The summed E-state index contributed by atoms with van der Waals surface area (Å²) in [5.41, 5.74) is 0.604. The highest BCUT2D eigenvalue weighted by Gasteiger charge is 2.25. The summed E-state index contributed by atoms with van der Waals surface area (Å²) in [5.74, 6) is 0. The largest absolute Gasteiger partial charge is 0.348 e. The van der Waals surface area contributed by atoms with Gasteiger partial charge in [0.05, 0.1) is 0 Å². The minimum absolute atomic E-state index is 0.0379. The first-order valence-corrected chi connectivity index (χ1v) is 9.17. The quantitative estimate of drug-likeness (QED) is 0.330. The lowest BCUT2D eigenvalue weighted by molar-refractivity contribution is -0.0964. The molecule has 0 aliphatic heterocycles. The average molecular weight is 326 g/mol. The average Bonchev–Trinajstić information content (AvgIpc) is 2.43. The Kier molecular flexibility index (Phi) is 6.52. The van der Waals surface area contributed by atoms with Crippen molar-refractivity contribution in [1.29, 1.82) is 0 Å². The molecule has 19 heavy (non-hydrogen) atoms. The van der Waals surface area contributed by atoms with Crippen molar-refractivity contribution in [2.24, 2.45) is 0 Å². The van der Waals surface area contributed by atoms with Crippen molar-refractivity contribution in [1.82, 2.24) is 0 Å². The zero-order valence-corrected chi connectivity index (χ0v) is 13.3. The summed E-state index contributed by atoms with van der Waals surface area (Å²) in [5, 5.41) is 0. The molecule has 1 aromatic carbocycles. The topological polar surface area (TPSA) is 78.9 Å². The standard InChI is InChI=1S/C10H15O6PS2/c1-4-8-6-5-7-9(18-3)10(8)19(12,13)16-15-17(11)14-2/h5-7,17H,4H2,1-3H3. The first-order chi connectivity index (χ1) is 8.96. The maximum absolute atomic E-state index is 12.1. The van der Waals surface area contributed by atoms with Crippen LogP contribution in [0.2, 0.25) is 0 Å². The molecule has 0 amide bonds. The van der Waals surface area contributed by atoms with E-state index in [9.17, 15) is 13.0 Å². The number of benzene rings is 1. The van der Waals surface area contributed by atoms with Gasteiger partial charge in [-0.15, -0.1) is 16.4 Å². The fourth-order valence-electron chi connectivity index (χ4n) is 1.42. The Balaban J connectivity index is 3.16. The van der Waals surface area contributed by atoms with Gasteiger partial charge in [-0.3, -0.25) is 4.57 Å². The Morgan fingerprint density at radius 2 is 2.05 bits per heavy atom. The lowest BCUT2D eigenvalue weighted by Crippen LogP contribution is -2.09. The molecule has 0 bridgehead atoms. The van der Waals surface area contributed by atoms with E-state index in [2.05, 4.69) is 13.5 Å². The summed E-state index contributed by atoms with van der Waals surface area (Å²) in [6.07, 6.45) is 2.28. The molecule has 0 spiro atoms. The molecule has 6 nitrogen and oxygen atoms in total. The third-order valence-electron chi connectivity index (χ3n) is 2.27. The van der Waals surface area contributed by atoms with Gasteiger partial charge in [0.1, 0.15) is 4.90 Å². The van der Waals surface area contributed by atoms with Crippen LogP contribution in [0.4, 0.5) is 0 Å². The number of hydrogen-bond donors (Lipinski definition) is 0. The lowest BCUT2D eigenvalue weighted by Gasteiger charge is -2.11. The van der Waals surface area contributed by atoms with Crippen LogP contribution in [-0.2, 0) is 34.6 Å². The molecule has 0 fully saturated rings. The number of aryl methyl sites for hydroxylation is 1. The third kappa shape index (κ3) is 4.30. The molecule has 1 aromatic rings. The predicted octanol–water partition coefficient (Wildman–Crippen LogP) is 2.64. The van der Waals surface area contributed by atoms with Crippen LogP contribution in [-0.4, -0.2) is 21.8 Å². The fourth-order valence-corrected chi connectivity index (χ4v) is 4.08. The Labute approximate surface area is 117 Å². The van der Waals surface area contributed by atoms with Crippen LogP contribution >= 0.6 is 20.0 Å². The van der Waals surface area contributed by atoms with Crippen molar-refractivity contribution in [2.75, 3.05) is 13.4 Å². The summed E-state index contributed by atoms with van der Waals surface area (Å²) >= 11 is 1.28. The van der Waals surface area contributed by atoms with Crippen LogP contribution in [0.25, 0.3) is 0 Å². The van der Waals surface area contributed by atoms with Crippen LogP contribution < -0.4 is 0 Å². The molecular weight excluding hydrogens is 311 g/mol. The second kappa shape index (κ2) is 7.42. The van der Waals surface area contributed by atoms with Gasteiger partial charge in [0.15, 0.2) is 0 Å². The van der Waals surface area contributed by atoms with Gasteiger partial charge in [0.25, 0.3) is 0 Å². The number of thioether (sulfide) groups is 1. The van der Waals surface area contributed by atoms with E-state index in [0.717, 1.165) is 7.11 Å². The normalized spacial score (nSPS) is 13.4. The van der Waals surface area contributed by atoms with Crippen molar-refractivity contribution in [3.8, 4) is 0 Å². The second-order valence-corrected chi connectivity index (χ2v) is 6.74. The van der Waals surface area contributed by atoms with Gasteiger partial charge in [0.2, 0.25) is 0 Å². The zero-order valence-electron chi connectivity index (χ0n) is 10.7. The van der Waals surface area contributed by atoms with E-state index in [1.165, 1.54) is 11.8 Å². The summed E-state index contributed by atoms with van der Waals surface area (Å²) < 4.78 is 48.0. The molecule has 0 aromatic heterocycles. The van der Waals surface area contributed by atoms with E-state index < -0.39 is 18.4 Å². The monoisotopic (exact) mass is 326 g/mol. The molecule has 1 unspecified atom stereocenters. The fraction of sp³-hybridized carbons (Fsp3) is 0.400. The summed E-state index contributed by atoms with van der Waals surface area (Å²) in [6.45, 7) is 1.83. The van der Waals surface area contributed by atoms with Gasteiger partial charge in [-0.25, -0.2) is 0 Å². The Hall–Kier alpha value is -0.370. The van der Waals surface area contributed by atoms with Gasteiger partial charge in [-0.1, -0.05) is 23.4 Å². The minimum Gasteiger partial charge on any atom is -0.312 e. The molecule has 0 N–H and O–H groups in total. The van der Waals surface area contributed by atoms with E-state index in [0.29, 0.717) is 16.9 Å². The Morgan fingerprint density at radius 1 is 1.37 bits per heavy atom. The van der Waals surface area contributed by atoms with E-state index in [4.69, 9.17) is 0 Å². The maximum Gasteiger partial charge on any atom is 0.348 e. The Bertz CT molecular complexity index is 535. The van der Waals surface area contributed by atoms with E-state index in [-0.39, 0.29) is 4.90 Å². The van der Waals surface area contributed by atoms with Crippen molar-refractivity contribution in [3.63, 3.8) is 0 Å². The first-order valence-electron chi connectivity index (χ1n) is 5.31. The molecular formula is C10H15O6PS2. The summed E-state index contributed by atoms with van der Waals surface area (Å²) in [4.78, 5) is 0.580. The van der Waals surface area contributed by atoms with Crippen LogP contribution in [0.1, 0.15) is 12.5 Å². The highest BCUT2D eigenvalue weighted by atomic mass is 32.2. The molecule has 0 saturated heterocycles. The van der Waals surface area contributed by atoms with E-state index in [1.54, 1.807) is 24.5 Å². The van der Waals surface area contributed by atoms with Crippen molar-refractivity contribution >= 4 is 30.1 Å². The molecule has 1 rings (SSSR count). The van der Waals surface area contributed by atoms with Gasteiger partial charge >= 0.3 is 18.4 Å². The number of hydrogen-bond acceptors (Lipinski definition) is 7.